The number of ether oxygens (including phenoxy) is 1. The van der Waals surface area contributed by atoms with Crippen molar-refractivity contribution in [2.75, 3.05) is 13.7 Å². The minimum Gasteiger partial charge on any atom is -0.493 e. The molecule has 2 heterocycles. The van der Waals surface area contributed by atoms with Crippen LogP contribution in [0.15, 0.2) is 18.2 Å². The standard InChI is InChI=1S/C15H19N3O/c1-10-17-15(13(9-16-2)18(10)3)12-4-5-14-11(8-12)6-7-19-14/h4-5,8,16H,6-7,9H2,1-3H3. The van der Waals surface area contributed by atoms with Crippen LogP contribution in [0.5, 0.6) is 5.75 Å². The van der Waals surface area contributed by atoms with Gasteiger partial charge in [-0.2, -0.15) is 0 Å². The van der Waals surface area contributed by atoms with E-state index in [1.165, 1.54) is 16.8 Å². The quantitative estimate of drug-likeness (QED) is 0.914. The van der Waals surface area contributed by atoms with Crippen LogP contribution in [0.2, 0.25) is 0 Å². The molecule has 19 heavy (non-hydrogen) atoms. The predicted octanol–water partition coefficient (Wildman–Crippen LogP) is 2.05. The highest BCUT2D eigenvalue weighted by molar-refractivity contribution is 5.65. The molecule has 4 heteroatoms. The summed E-state index contributed by atoms with van der Waals surface area (Å²) in [6.07, 6.45) is 0.996. The van der Waals surface area contributed by atoms with E-state index in [-0.39, 0.29) is 0 Å². The topological polar surface area (TPSA) is 39.1 Å². The van der Waals surface area contributed by atoms with Gasteiger partial charge in [-0.25, -0.2) is 4.98 Å². The number of hydrogen-bond acceptors (Lipinski definition) is 3. The first-order chi connectivity index (χ1) is 9.20. The fourth-order valence-corrected chi connectivity index (χ4v) is 2.59. The van der Waals surface area contributed by atoms with E-state index < -0.39 is 0 Å². The Balaban J connectivity index is 2.09. The molecule has 3 rings (SSSR count). The van der Waals surface area contributed by atoms with Gasteiger partial charge in [0.25, 0.3) is 0 Å². The fraction of sp³-hybridized carbons (Fsp3) is 0.400. The van der Waals surface area contributed by atoms with Crippen LogP contribution in [0.3, 0.4) is 0 Å². The van der Waals surface area contributed by atoms with Gasteiger partial charge in [0.15, 0.2) is 0 Å². The van der Waals surface area contributed by atoms with Crippen LogP contribution in [-0.4, -0.2) is 23.2 Å². The summed E-state index contributed by atoms with van der Waals surface area (Å²) in [5.41, 5.74) is 4.76. The van der Waals surface area contributed by atoms with Crippen molar-refractivity contribution in [1.29, 1.82) is 0 Å². The van der Waals surface area contributed by atoms with Crippen molar-refractivity contribution >= 4 is 0 Å². The van der Waals surface area contributed by atoms with Crippen LogP contribution >= 0.6 is 0 Å². The van der Waals surface area contributed by atoms with Crippen molar-refractivity contribution in [2.45, 2.75) is 19.9 Å². The summed E-state index contributed by atoms with van der Waals surface area (Å²) in [6, 6.07) is 6.37. The molecule has 0 amide bonds. The second kappa shape index (κ2) is 4.70. The number of hydrogen-bond donors (Lipinski definition) is 1. The number of nitrogens with one attached hydrogen (secondary N) is 1. The van der Waals surface area contributed by atoms with Gasteiger partial charge in [0.1, 0.15) is 11.6 Å². The zero-order valence-corrected chi connectivity index (χ0v) is 11.7. The lowest BCUT2D eigenvalue weighted by atomic mass is 10.0. The molecule has 100 valence electrons. The van der Waals surface area contributed by atoms with Crippen LogP contribution in [-0.2, 0) is 20.0 Å². The molecule has 1 aromatic heterocycles. The van der Waals surface area contributed by atoms with Crippen LogP contribution in [0.1, 0.15) is 17.1 Å². The van der Waals surface area contributed by atoms with Gasteiger partial charge in [0.2, 0.25) is 0 Å². The van der Waals surface area contributed by atoms with Gasteiger partial charge in [-0.05, 0) is 37.7 Å². The number of rotatable bonds is 3. The maximum Gasteiger partial charge on any atom is 0.122 e. The summed E-state index contributed by atoms with van der Waals surface area (Å²) in [7, 11) is 4.03. The molecule has 0 radical (unpaired) electrons. The maximum absolute atomic E-state index is 5.56. The smallest absolute Gasteiger partial charge is 0.122 e. The molecule has 0 bridgehead atoms. The molecule has 1 aliphatic rings. The Kier molecular flexibility index (Phi) is 3.03. The lowest BCUT2D eigenvalue weighted by Crippen LogP contribution is -2.10. The van der Waals surface area contributed by atoms with Gasteiger partial charge in [0.05, 0.1) is 18.0 Å². The molecular formula is C15H19N3O. The van der Waals surface area contributed by atoms with E-state index in [9.17, 15) is 0 Å². The lowest BCUT2D eigenvalue weighted by Gasteiger charge is -2.07. The first-order valence-electron chi connectivity index (χ1n) is 6.63. The minimum absolute atomic E-state index is 0.795. The molecule has 0 fully saturated rings. The molecule has 1 aliphatic heterocycles. The van der Waals surface area contributed by atoms with Gasteiger partial charge in [0, 0.05) is 25.6 Å². The molecule has 0 unspecified atom stereocenters. The monoisotopic (exact) mass is 257 g/mol. The molecule has 1 N–H and O–H groups in total. The summed E-state index contributed by atoms with van der Waals surface area (Å²) in [5.74, 6) is 2.06. The van der Waals surface area contributed by atoms with Gasteiger partial charge < -0.3 is 14.6 Å². The average molecular weight is 257 g/mol. The molecule has 1 aromatic carbocycles. The van der Waals surface area contributed by atoms with Crippen LogP contribution in [0, 0.1) is 6.92 Å². The van der Waals surface area contributed by atoms with Crippen molar-refractivity contribution in [2.24, 2.45) is 7.05 Å². The minimum atomic E-state index is 0.795. The van der Waals surface area contributed by atoms with Gasteiger partial charge >= 0.3 is 0 Å². The van der Waals surface area contributed by atoms with Crippen molar-refractivity contribution in [3.8, 4) is 17.0 Å². The summed E-state index contributed by atoms with van der Waals surface area (Å²) < 4.78 is 7.71. The maximum atomic E-state index is 5.56. The molecule has 0 aliphatic carbocycles. The first-order valence-corrected chi connectivity index (χ1v) is 6.63. The molecule has 0 saturated heterocycles. The van der Waals surface area contributed by atoms with Gasteiger partial charge in [-0.3, -0.25) is 0 Å². The Morgan fingerprint density at radius 1 is 1.42 bits per heavy atom. The van der Waals surface area contributed by atoms with E-state index in [0.717, 1.165) is 36.8 Å². The zero-order chi connectivity index (χ0) is 13.4. The second-order valence-corrected chi connectivity index (χ2v) is 4.96. The summed E-state index contributed by atoms with van der Waals surface area (Å²) in [5, 5.41) is 3.22. The van der Waals surface area contributed by atoms with Crippen LogP contribution < -0.4 is 10.1 Å². The SMILES string of the molecule is CNCc1c(-c2ccc3c(c2)CCO3)nc(C)n1C. The molecule has 2 aromatic rings. The van der Waals surface area contributed by atoms with Crippen molar-refractivity contribution in [3.05, 3.63) is 35.3 Å². The number of imidazole rings is 1. The lowest BCUT2D eigenvalue weighted by molar-refractivity contribution is 0.357. The van der Waals surface area contributed by atoms with Gasteiger partial charge in [-0.15, -0.1) is 0 Å². The van der Waals surface area contributed by atoms with E-state index in [4.69, 9.17) is 9.72 Å². The van der Waals surface area contributed by atoms with Crippen molar-refractivity contribution in [1.82, 2.24) is 14.9 Å². The number of nitrogens with zero attached hydrogens (tertiary/aromatic N) is 2. The molecular weight excluding hydrogens is 238 g/mol. The fourth-order valence-electron chi connectivity index (χ4n) is 2.59. The Bertz CT molecular complexity index is 616. The molecule has 0 spiro atoms. The first kappa shape index (κ1) is 12.2. The van der Waals surface area contributed by atoms with E-state index in [1.807, 2.05) is 14.0 Å². The molecule has 0 saturated carbocycles. The summed E-state index contributed by atoms with van der Waals surface area (Å²) in [6.45, 7) is 3.66. The Morgan fingerprint density at radius 3 is 3.05 bits per heavy atom. The number of aryl methyl sites for hydroxylation is 1. The Labute approximate surface area is 113 Å². The number of aromatic nitrogens is 2. The number of fused-ring (bicyclic) bond motifs is 1. The predicted molar refractivity (Wildman–Crippen MR) is 75.3 cm³/mol. The third-order valence-corrected chi connectivity index (χ3v) is 3.74. The van der Waals surface area contributed by atoms with E-state index >= 15 is 0 Å². The highest BCUT2D eigenvalue weighted by Gasteiger charge is 2.17. The average Bonchev–Trinajstić information content (AvgIpc) is 2.98. The van der Waals surface area contributed by atoms with E-state index in [2.05, 4.69) is 35.1 Å². The summed E-state index contributed by atoms with van der Waals surface area (Å²) in [4.78, 5) is 4.71. The van der Waals surface area contributed by atoms with Crippen LogP contribution in [0.4, 0.5) is 0 Å². The van der Waals surface area contributed by atoms with Crippen molar-refractivity contribution in [3.63, 3.8) is 0 Å². The Hall–Kier alpha value is -1.81. The third-order valence-electron chi connectivity index (χ3n) is 3.74. The third kappa shape index (κ3) is 2.02. The largest absolute Gasteiger partial charge is 0.493 e. The van der Waals surface area contributed by atoms with Crippen molar-refractivity contribution < 1.29 is 4.74 Å². The van der Waals surface area contributed by atoms with E-state index in [0.29, 0.717) is 0 Å². The highest BCUT2D eigenvalue weighted by atomic mass is 16.5. The Morgan fingerprint density at radius 2 is 2.26 bits per heavy atom. The van der Waals surface area contributed by atoms with Crippen LogP contribution in [0.25, 0.3) is 11.3 Å². The second-order valence-electron chi connectivity index (χ2n) is 4.96. The molecule has 4 nitrogen and oxygen atoms in total. The molecule has 0 atom stereocenters. The van der Waals surface area contributed by atoms with Gasteiger partial charge in [-0.1, -0.05) is 0 Å². The highest BCUT2D eigenvalue weighted by Crippen LogP contribution is 2.31. The van der Waals surface area contributed by atoms with E-state index in [1.54, 1.807) is 0 Å². The normalized spacial score (nSPS) is 13.4. The zero-order valence-electron chi connectivity index (χ0n) is 11.7. The summed E-state index contributed by atoms with van der Waals surface area (Å²) >= 11 is 0. The number of benzene rings is 1.